The van der Waals surface area contributed by atoms with Crippen molar-refractivity contribution in [1.82, 2.24) is 4.31 Å². The van der Waals surface area contributed by atoms with Crippen molar-refractivity contribution in [2.75, 3.05) is 32.1 Å². The maximum absolute atomic E-state index is 13.3. The first kappa shape index (κ1) is 22.8. The number of carbonyl (C=O) groups is 1. The molecule has 2 unspecified atom stereocenters. The van der Waals surface area contributed by atoms with E-state index in [1.807, 2.05) is 0 Å². The summed E-state index contributed by atoms with van der Waals surface area (Å²) in [7, 11) is -3.55. The number of nitro groups is 1. The Morgan fingerprint density at radius 3 is 2.53 bits per heavy atom. The van der Waals surface area contributed by atoms with Crippen LogP contribution in [-0.4, -0.2) is 61.4 Å². The van der Waals surface area contributed by atoms with Gasteiger partial charge in [-0.2, -0.15) is 4.31 Å². The molecule has 32 heavy (non-hydrogen) atoms. The highest BCUT2D eigenvalue weighted by Crippen LogP contribution is 2.64. The molecule has 2 bridgehead atoms. The molecule has 1 saturated heterocycles. The summed E-state index contributed by atoms with van der Waals surface area (Å²) in [4.78, 5) is 27.9. The molecule has 1 heterocycles. The van der Waals surface area contributed by atoms with Crippen LogP contribution >= 0.6 is 0 Å². The Bertz CT molecular complexity index is 1050. The molecule has 3 fully saturated rings. The SMILES string of the molecule is CC1(C)C2CCC1(CS(=O)(=O)N1CCOCC1)C(=NOC(=O)c1ccc([N+](=O)[O-])cc1)C2. The van der Waals surface area contributed by atoms with Gasteiger partial charge in [0.25, 0.3) is 5.69 Å². The summed E-state index contributed by atoms with van der Waals surface area (Å²) in [5.74, 6) is -0.546. The van der Waals surface area contributed by atoms with E-state index >= 15 is 0 Å². The van der Waals surface area contributed by atoms with Crippen molar-refractivity contribution in [3.63, 3.8) is 0 Å². The Hall–Kier alpha value is -2.37. The highest BCUT2D eigenvalue weighted by molar-refractivity contribution is 7.89. The summed E-state index contributed by atoms with van der Waals surface area (Å²) in [6.45, 7) is 5.58. The topological polar surface area (TPSA) is 128 Å². The largest absolute Gasteiger partial charge is 0.379 e. The number of benzene rings is 1. The molecule has 1 aromatic rings. The van der Waals surface area contributed by atoms with Crippen LogP contribution in [0.3, 0.4) is 0 Å². The van der Waals surface area contributed by atoms with Gasteiger partial charge in [-0.3, -0.25) is 10.1 Å². The average molecular weight is 466 g/mol. The van der Waals surface area contributed by atoms with Crippen LogP contribution in [0, 0.1) is 26.9 Å². The molecule has 1 aliphatic heterocycles. The van der Waals surface area contributed by atoms with E-state index in [1.165, 1.54) is 28.6 Å². The smallest absolute Gasteiger partial charge is 0.365 e. The maximum Gasteiger partial charge on any atom is 0.365 e. The van der Waals surface area contributed by atoms with E-state index in [0.717, 1.165) is 6.42 Å². The fraction of sp³-hybridized carbons (Fsp3) is 0.619. The van der Waals surface area contributed by atoms with Crippen molar-refractivity contribution in [2.45, 2.75) is 33.1 Å². The van der Waals surface area contributed by atoms with Crippen molar-refractivity contribution < 1.29 is 27.7 Å². The predicted molar refractivity (Wildman–Crippen MR) is 116 cm³/mol. The number of morpholine rings is 1. The standard InChI is InChI=1S/C21H27N3O7S/c1-20(2)16-7-8-21(20,14-32(28,29)23-9-11-30-12-10-23)18(13-16)22-31-19(25)15-3-5-17(6-4-15)24(26)27/h3-6,16H,7-14H2,1-2H3. The zero-order valence-corrected chi connectivity index (χ0v) is 19.0. The lowest BCUT2D eigenvalue weighted by molar-refractivity contribution is -0.384. The zero-order chi connectivity index (χ0) is 23.1. The van der Waals surface area contributed by atoms with E-state index in [2.05, 4.69) is 19.0 Å². The van der Waals surface area contributed by atoms with Crippen molar-refractivity contribution in [3.8, 4) is 0 Å². The molecule has 2 saturated carbocycles. The molecule has 0 N–H and O–H groups in total. The number of rotatable bonds is 6. The molecule has 4 rings (SSSR count). The first-order valence-corrected chi connectivity index (χ1v) is 12.3. The molecule has 0 aromatic heterocycles. The van der Waals surface area contributed by atoms with Gasteiger partial charge in [-0.25, -0.2) is 13.2 Å². The number of fused-ring (bicyclic) bond motifs is 2. The first-order valence-electron chi connectivity index (χ1n) is 10.7. The lowest BCUT2D eigenvalue weighted by Crippen LogP contribution is -2.49. The molecule has 0 radical (unpaired) electrons. The van der Waals surface area contributed by atoms with Gasteiger partial charge < -0.3 is 9.57 Å². The lowest BCUT2D eigenvalue weighted by atomic mass is 9.70. The minimum Gasteiger partial charge on any atom is -0.379 e. The summed E-state index contributed by atoms with van der Waals surface area (Å²) in [5, 5.41) is 15.0. The van der Waals surface area contributed by atoms with Crippen molar-refractivity contribution >= 4 is 27.4 Å². The van der Waals surface area contributed by atoms with Gasteiger partial charge in [0.2, 0.25) is 10.0 Å². The minimum absolute atomic E-state index is 0.0720. The molecule has 174 valence electrons. The molecule has 1 aromatic carbocycles. The van der Waals surface area contributed by atoms with Crippen LogP contribution < -0.4 is 0 Å². The monoisotopic (exact) mass is 465 g/mol. The highest BCUT2D eigenvalue weighted by Gasteiger charge is 2.64. The van der Waals surface area contributed by atoms with Gasteiger partial charge in [-0.15, -0.1) is 0 Å². The molecule has 2 atom stereocenters. The van der Waals surface area contributed by atoms with E-state index in [9.17, 15) is 23.3 Å². The molecule has 3 aliphatic rings. The predicted octanol–water partition coefficient (Wildman–Crippen LogP) is 2.60. The number of oxime groups is 1. The number of ether oxygens (including phenoxy) is 1. The van der Waals surface area contributed by atoms with Gasteiger partial charge in [0.05, 0.1) is 35.2 Å². The normalized spacial score (nSPS) is 28.7. The van der Waals surface area contributed by atoms with Crippen molar-refractivity contribution in [2.24, 2.45) is 21.9 Å². The number of sulfonamides is 1. The summed E-state index contributed by atoms with van der Waals surface area (Å²) in [5.41, 5.74) is -0.395. The molecule has 10 nitrogen and oxygen atoms in total. The molecule has 0 amide bonds. The van der Waals surface area contributed by atoms with Crippen LogP contribution in [0.15, 0.2) is 29.4 Å². The maximum atomic E-state index is 13.3. The van der Waals surface area contributed by atoms with Crippen LogP contribution in [0.5, 0.6) is 0 Å². The number of carbonyl (C=O) groups excluding carboxylic acids is 1. The first-order chi connectivity index (χ1) is 15.1. The van der Waals surface area contributed by atoms with Gasteiger partial charge in [0.15, 0.2) is 0 Å². The molecule has 0 spiro atoms. The highest BCUT2D eigenvalue weighted by atomic mass is 32.2. The van der Waals surface area contributed by atoms with E-state index in [-0.39, 0.29) is 28.3 Å². The minimum atomic E-state index is -3.55. The second kappa shape index (κ2) is 8.20. The van der Waals surface area contributed by atoms with Crippen molar-refractivity contribution in [3.05, 3.63) is 39.9 Å². The quantitative estimate of drug-likeness (QED) is 0.359. The summed E-state index contributed by atoms with van der Waals surface area (Å²) >= 11 is 0. The van der Waals surface area contributed by atoms with Gasteiger partial charge >= 0.3 is 5.97 Å². The third-order valence-electron chi connectivity index (χ3n) is 7.51. The summed E-state index contributed by atoms with van der Waals surface area (Å²) < 4.78 is 33.3. The lowest BCUT2D eigenvalue weighted by Gasteiger charge is -2.39. The van der Waals surface area contributed by atoms with Crippen LogP contribution in [0.2, 0.25) is 0 Å². The number of nitro benzene ring substituents is 1. The van der Waals surface area contributed by atoms with Crippen molar-refractivity contribution in [1.29, 1.82) is 0 Å². The third kappa shape index (κ3) is 3.82. The Kier molecular flexibility index (Phi) is 5.84. The van der Waals surface area contributed by atoms with E-state index in [0.29, 0.717) is 44.9 Å². The van der Waals surface area contributed by atoms with Gasteiger partial charge in [-0.1, -0.05) is 19.0 Å². The van der Waals surface area contributed by atoms with Crippen LogP contribution in [-0.2, 0) is 19.6 Å². The van der Waals surface area contributed by atoms with Crippen LogP contribution in [0.4, 0.5) is 5.69 Å². The Morgan fingerprint density at radius 1 is 1.28 bits per heavy atom. The van der Waals surface area contributed by atoms with E-state index in [4.69, 9.17) is 9.57 Å². The van der Waals surface area contributed by atoms with Crippen LogP contribution in [0.1, 0.15) is 43.5 Å². The molecular formula is C21H27N3O7S. The summed E-state index contributed by atoms with van der Waals surface area (Å²) in [6, 6.07) is 5.07. The number of hydrogen-bond acceptors (Lipinski definition) is 8. The van der Waals surface area contributed by atoms with Gasteiger partial charge in [0, 0.05) is 30.6 Å². The Morgan fingerprint density at radius 2 is 1.94 bits per heavy atom. The van der Waals surface area contributed by atoms with E-state index < -0.39 is 26.3 Å². The summed E-state index contributed by atoms with van der Waals surface area (Å²) in [6.07, 6.45) is 2.16. The average Bonchev–Trinajstić information content (AvgIpc) is 3.12. The van der Waals surface area contributed by atoms with E-state index in [1.54, 1.807) is 0 Å². The van der Waals surface area contributed by atoms with Crippen LogP contribution in [0.25, 0.3) is 0 Å². The Labute approximate surface area is 186 Å². The molecular weight excluding hydrogens is 438 g/mol. The number of hydrogen-bond donors (Lipinski definition) is 0. The second-order valence-corrected chi connectivity index (χ2v) is 11.2. The number of non-ortho nitro benzene ring substituents is 1. The Balaban J connectivity index is 1.56. The van der Waals surface area contributed by atoms with Gasteiger partial charge in [0.1, 0.15) is 0 Å². The second-order valence-electron chi connectivity index (χ2n) is 9.23. The fourth-order valence-electron chi connectivity index (χ4n) is 5.36. The fourth-order valence-corrected chi connectivity index (χ4v) is 7.55. The molecule has 2 aliphatic carbocycles. The van der Waals surface area contributed by atoms with Gasteiger partial charge in [-0.05, 0) is 42.7 Å². The zero-order valence-electron chi connectivity index (χ0n) is 18.2. The number of nitrogens with zero attached hydrogens (tertiary/aromatic N) is 3. The molecule has 11 heteroatoms. The third-order valence-corrected chi connectivity index (χ3v) is 9.52.